The predicted molar refractivity (Wildman–Crippen MR) is 167 cm³/mol. The van der Waals surface area contributed by atoms with E-state index in [1.165, 1.54) is 28.6 Å². The third-order valence-corrected chi connectivity index (χ3v) is 8.10. The average molecular weight is 646 g/mol. The van der Waals surface area contributed by atoms with E-state index in [0.717, 1.165) is 0 Å². The zero-order valence-electron chi connectivity index (χ0n) is 24.2. The molecule has 1 atom stereocenters. The van der Waals surface area contributed by atoms with Crippen molar-refractivity contribution in [2.75, 3.05) is 29.8 Å². The Kier molecular flexibility index (Phi) is 12.2. The SMILES string of the molecule is CCOC(=O)CNC(=O)COc1cc(C(=N)N)ccc1CNC(=O)c1cc(Cl)cc(N(Cc2ccccn2)[S+](=O)(O)CC)c1. The molecule has 1 aromatic heterocycles. The van der Waals surface area contributed by atoms with Gasteiger partial charge in [-0.1, -0.05) is 29.8 Å². The number of anilines is 1. The van der Waals surface area contributed by atoms with Crippen molar-refractivity contribution in [2.45, 2.75) is 26.9 Å². The second kappa shape index (κ2) is 15.8. The van der Waals surface area contributed by atoms with Crippen molar-refractivity contribution >= 4 is 51.3 Å². The van der Waals surface area contributed by atoms with Gasteiger partial charge in [0.25, 0.3) is 11.8 Å². The molecule has 0 aliphatic rings. The number of hydrogen-bond acceptors (Lipinski definition) is 8. The second-order valence-electron chi connectivity index (χ2n) is 9.24. The summed E-state index contributed by atoms with van der Waals surface area (Å²) in [6, 6.07) is 14.2. The molecular weight excluding hydrogens is 612 g/mol. The Bertz CT molecular complexity index is 1560. The van der Waals surface area contributed by atoms with Gasteiger partial charge >= 0.3 is 16.4 Å². The maximum absolute atomic E-state index is 13.2. The van der Waals surface area contributed by atoms with Crippen LogP contribution < -0.4 is 25.4 Å². The highest BCUT2D eigenvalue weighted by atomic mass is 35.5. The number of nitrogens with two attached hydrogens (primary N) is 1. The highest BCUT2D eigenvalue weighted by Crippen LogP contribution is 2.29. The summed E-state index contributed by atoms with van der Waals surface area (Å²) in [4.78, 5) is 41.2. The van der Waals surface area contributed by atoms with Gasteiger partial charge in [-0.2, -0.15) is 8.86 Å². The van der Waals surface area contributed by atoms with E-state index in [2.05, 4.69) is 15.6 Å². The van der Waals surface area contributed by atoms with E-state index >= 15 is 0 Å². The van der Waals surface area contributed by atoms with Gasteiger partial charge in [0.2, 0.25) is 0 Å². The highest BCUT2D eigenvalue weighted by molar-refractivity contribution is 7.98. The van der Waals surface area contributed by atoms with Gasteiger partial charge in [0.1, 0.15) is 24.7 Å². The van der Waals surface area contributed by atoms with Crippen molar-refractivity contribution in [2.24, 2.45) is 5.73 Å². The lowest BCUT2D eigenvalue weighted by Gasteiger charge is -2.22. The first-order valence-corrected chi connectivity index (χ1v) is 15.5. The number of esters is 1. The number of ether oxygens (including phenoxy) is 2. The molecule has 2 aromatic carbocycles. The second-order valence-corrected chi connectivity index (χ2v) is 11.9. The minimum atomic E-state index is -3.52. The number of nitrogens with zero attached hydrogens (tertiary/aromatic N) is 2. The highest BCUT2D eigenvalue weighted by Gasteiger charge is 2.34. The van der Waals surface area contributed by atoms with Crippen molar-refractivity contribution < 1.29 is 32.6 Å². The van der Waals surface area contributed by atoms with E-state index in [9.17, 15) is 23.1 Å². The first kappa shape index (κ1) is 34.0. The van der Waals surface area contributed by atoms with Gasteiger partial charge in [-0.15, -0.1) is 0 Å². The Morgan fingerprint density at radius 2 is 1.86 bits per heavy atom. The van der Waals surface area contributed by atoms with Crippen molar-refractivity contribution in [3.05, 3.63) is 88.2 Å². The fourth-order valence-electron chi connectivity index (χ4n) is 3.86. The number of carbonyl (C=O) groups is 3. The maximum Gasteiger partial charge on any atom is 0.325 e. The van der Waals surface area contributed by atoms with Gasteiger partial charge in [-0.05, 0) is 54.5 Å². The van der Waals surface area contributed by atoms with Crippen LogP contribution in [-0.2, 0) is 42.0 Å². The molecule has 0 bridgehead atoms. The lowest BCUT2D eigenvalue weighted by Crippen LogP contribution is -2.37. The molecule has 234 valence electrons. The van der Waals surface area contributed by atoms with Crippen molar-refractivity contribution in [1.29, 1.82) is 5.41 Å². The topological polar surface area (TPSA) is 197 Å². The van der Waals surface area contributed by atoms with Crippen LogP contribution in [0.4, 0.5) is 5.69 Å². The molecule has 3 rings (SSSR count). The quantitative estimate of drug-likeness (QED) is 0.0714. The van der Waals surface area contributed by atoms with Crippen LogP contribution in [0.1, 0.15) is 41.0 Å². The van der Waals surface area contributed by atoms with Gasteiger partial charge in [-0.25, -0.2) is 0 Å². The van der Waals surface area contributed by atoms with Crippen LogP contribution in [0, 0.1) is 5.41 Å². The predicted octanol–water partition coefficient (Wildman–Crippen LogP) is 2.92. The molecule has 6 N–H and O–H groups in total. The number of halogens is 1. The number of rotatable bonds is 15. The molecule has 15 heteroatoms. The summed E-state index contributed by atoms with van der Waals surface area (Å²) in [6.07, 6.45) is 1.58. The third-order valence-electron chi connectivity index (χ3n) is 6.10. The number of nitrogen functional groups attached to an aromatic ring is 1. The first-order chi connectivity index (χ1) is 20.9. The summed E-state index contributed by atoms with van der Waals surface area (Å²) >= 11 is 6.34. The summed E-state index contributed by atoms with van der Waals surface area (Å²) in [5.41, 5.74) is 7.33. The summed E-state index contributed by atoms with van der Waals surface area (Å²) < 4.78 is 35.5. The van der Waals surface area contributed by atoms with Crippen LogP contribution >= 0.6 is 11.6 Å². The lowest BCUT2D eigenvalue weighted by molar-refractivity contribution is -0.143. The Morgan fingerprint density at radius 1 is 1.09 bits per heavy atom. The van der Waals surface area contributed by atoms with Gasteiger partial charge in [0.15, 0.2) is 12.4 Å². The number of benzene rings is 2. The molecule has 0 aliphatic heterocycles. The van der Waals surface area contributed by atoms with Crippen molar-refractivity contribution in [3.8, 4) is 5.75 Å². The van der Waals surface area contributed by atoms with Gasteiger partial charge in [-0.3, -0.25) is 24.8 Å². The number of pyridine rings is 1. The molecule has 3 aromatic rings. The first-order valence-electron chi connectivity index (χ1n) is 13.5. The van der Waals surface area contributed by atoms with Gasteiger partial charge in [0, 0.05) is 34.5 Å². The Balaban J connectivity index is 1.78. The lowest BCUT2D eigenvalue weighted by atomic mass is 10.1. The summed E-state index contributed by atoms with van der Waals surface area (Å²) in [5.74, 6) is -1.85. The number of aromatic nitrogens is 1. The molecule has 0 radical (unpaired) electrons. The summed E-state index contributed by atoms with van der Waals surface area (Å²) in [6.45, 7) is 2.57. The zero-order chi connectivity index (χ0) is 32.3. The van der Waals surface area contributed by atoms with Gasteiger partial charge < -0.3 is 25.8 Å². The Hall–Kier alpha value is -4.53. The fraction of sp³-hybridized carbons (Fsp3) is 0.276. The number of hydrogen-bond donors (Lipinski definition) is 5. The van der Waals surface area contributed by atoms with Crippen LogP contribution in [0.15, 0.2) is 60.8 Å². The van der Waals surface area contributed by atoms with E-state index in [-0.39, 0.29) is 59.9 Å². The van der Waals surface area contributed by atoms with E-state index < -0.39 is 34.8 Å². The Morgan fingerprint density at radius 3 is 2.52 bits per heavy atom. The molecule has 0 spiro atoms. The third kappa shape index (κ3) is 9.76. The average Bonchev–Trinajstić information content (AvgIpc) is 3.00. The molecule has 0 saturated heterocycles. The van der Waals surface area contributed by atoms with Crippen LogP contribution in [0.5, 0.6) is 5.75 Å². The van der Waals surface area contributed by atoms with Crippen LogP contribution in [0.2, 0.25) is 5.02 Å². The molecule has 1 heterocycles. The molecule has 2 amide bonds. The van der Waals surface area contributed by atoms with E-state index in [4.69, 9.17) is 32.2 Å². The van der Waals surface area contributed by atoms with Crippen molar-refractivity contribution in [3.63, 3.8) is 0 Å². The number of amides is 2. The van der Waals surface area contributed by atoms with Crippen molar-refractivity contribution in [1.82, 2.24) is 15.6 Å². The largest absolute Gasteiger partial charge is 0.483 e. The minimum Gasteiger partial charge on any atom is -0.483 e. The Labute approximate surface area is 261 Å². The molecule has 1 unspecified atom stereocenters. The van der Waals surface area contributed by atoms with E-state index in [1.54, 1.807) is 50.4 Å². The molecule has 0 saturated carbocycles. The molecular formula is C29H34ClN6O7S+. The van der Waals surface area contributed by atoms with Gasteiger partial charge in [0.05, 0.1) is 18.0 Å². The monoisotopic (exact) mass is 645 g/mol. The van der Waals surface area contributed by atoms with E-state index in [0.29, 0.717) is 16.8 Å². The summed E-state index contributed by atoms with van der Waals surface area (Å²) in [5, 5.41) is 13.0. The maximum atomic E-state index is 13.2. The standard InChI is InChI=1S/C29H33ClN6O7S/c1-3-42-27(38)16-34-26(37)18-43-25-13-19(28(31)32)8-9-20(25)15-35-29(39)21-11-22(30)14-24(12-21)36(44(40,41)4-2)17-23-7-5-6-10-33-23/h5-14H,3-4,15-18H2,1-2H3,(H5-,31,32,34,35,37,39,40,41)/p+1. The molecule has 13 nitrogen and oxygen atoms in total. The van der Waals surface area contributed by atoms with Crippen LogP contribution in [0.25, 0.3) is 0 Å². The minimum absolute atomic E-state index is 0.00196. The number of amidine groups is 1. The normalized spacial score (nSPS) is 12.0. The fourth-order valence-corrected chi connectivity index (χ4v) is 5.17. The van der Waals surface area contributed by atoms with E-state index in [1.807, 2.05) is 0 Å². The smallest absolute Gasteiger partial charge is 0.325 e. The molecule has 44 heavy (non-hydrogen) atoms. The molecule has 0 fully saturated rings. The number of carbonyl (C=O) groups excluding carboxylic acids is 3. The summed E-state index contributed by atoms with van der Waals surface area (Å²) in [7, 11) is -3.52. The van der Waals surface area contributed by atoms with Crippen LogP contribution in [0.3, 0.4) is 0 Å². The number of nitrogens with one attached hydrogen (secondary N) is 3. The molecule has 0 aliphatic carbocycles. The zero-order valence-corrected chi connectivity index (χ0v) is 25.7. The van der Waals surface area contributed by atoms with Crippen LogP contribution in [-0.4, -0.2) is 58.7 Å².